The molecular weight excluding hydrogens is 344 g/mol. The predicted molar refractivity (Wildman–Crippen MR) is 94.9 cm³/mol. The standard InChI is InChI=1S/C18H21ClN2O4/c1-13(22)20-5-7-21(8-6-20)17(23)4-3-14-11-15(19)18-16(12-14)24-9-2-10-25-18/h3-4,11-12H,2,5-10H2,1H3. The van der Waals surface area contributed by atoms with E-state index in [0.29, 0.717) is 55.9 Å². The fourth-order valence-electron chi connectivity index (χ4n) is 2.86. The monoisotopic (exact) mass is 364 g/mol. The van der Waals surface area contributed by atoms with Crippen molar-refractivity contribution in [1.82, 2.24) is 9.80 Å². The quantitative estimate of drug-likeness (QED) is 0.755. The fraction of sp³-hybridized carbons (Fsp3) is 0.444. The molecule has 2 aliphatic rings. The summed E-state index contributed by atoms with van der Waals surface area (Å²) in [6.07, 6.45) is 4.06. The van der Waals surface area contributed by atoms with Crippen LogP contribution in [0.1, 0.15) is 18.9 Å². The van der Waals surface area contributed by atoms with Gasteiger partial charge in [0.1, 0.15) is 0 Å². The topological polar surface area (TPSA) is 59.1 Å². The average molecular weight is 365 g/mol. The number of fused-ring (bicyclic) bond motifs is 1. The zero-order valence-corrected chi connectivity index (χ0v) is 14.9. The van der Waals surface area contributed by atoms with Gasteiger partial charge in [-0.15, -0.1) is 0 Å². The average Bonchev–Trinajstić information content (AvgIpc) is 2.85. The summed E-state index contributed by atoms with van der Waals surface area (Å²) in [5.74, 6) is 1.13. The van der Waals surface area contributed by atoms with Crippen LogP contribution in [-0.4, -0.2) is 61.0 Å². The lowest BCUT2D eigenvalue weighted by Gasteiger charge is -2.33. The van der Waals surface area contributed by atoms with Gasteiger partial charge in [-0.2, -0.15) is 0 Å². The van der Waals surface area contributed by atoms with Crippen LogP contribution < -0.4 is 9.47 Å². The molecule has 0 spiro atoms. The largest absolute Gasteiger partial charge is 0.489 e. The molecule has 0 N–H and O–H groups in total. The number of hydrogen-bond acceptors (Lipinski definition) is 4. The molecule has 2 amide bonds. The Bertz CT molecular complexity index is 697. The summed E-state index contributed by atoms with van der Waals surface area (Å²) in [6, 6.07) is 3.58. The number of carbonyl (C=O) groups excluding carboxylic acids is 2. The minimum atomic E-state index is -0.0774. The Morgan fingerprint density at radius 3 is 2.48 bits per heavy atom. The van der Waals surface area contributed by atoms with Crippen LogP contribution in [-0.2, 0) is 9.59 Å². The summed E-state index contributed by atoms with van der Waals surface area (Å²) in [6.45, 7) is 4.94. The molecule has 0 bridgehead atoms. The first-order chi connectivity index (χ1) is 12.0. The molecule has 2 heterocycles. The zero-order chi connectivity index (χ0) is 17.8. The first-order valence-corrected chi connectivity index (χ1v) is 8.74. The highest BCUT2D eigenvalue weighted by Gasteiger charge is 2.21. The van der Waals surface area contributed by atoms with E-state index in [1.54, 1.807) is 28.9 Å². The summed E-state index contributed by atoms with van der Waals surface area (Å²) >= 11 is 6.26. The van der Waals surface area contributed by atoms with Gasteiger partial charge in [-0.25, -0.2) is 0 Å². The Morgan fingerprint density at radius 1 is 1.08 bits per heavy atom. The van der Waals surface area contributed by atoms with E-state index in [0.717, 1.165) is 12.0 Å². The summed E-state index contributed by atoms with van der Waals surface area (Å²) in [5, 5.41) is 0.474. The summed E-state index contributed by atoms with van der Waals surface area (Å²) in [4.78, 5) is 27.1. The highest BCUT2D eigenvalue weighted by Crippen LogP contribution is 2.38. The molecule has 0 aromatic heterocycles. The number of carbonyl (C=O) groups is 2. The lowest BCUT2D eigenvalue weighted by atomic mass is 10.1. The number of benzene rings is 1. The van der Waals surface area contributed by atoms with E-state index in [2.05, 4.69) is 0 Å². The van der Waals surface area contributed by atoms with Gasteiger partial charge in [-0.1, -0.05) is 11.6 Å². The normalized spacial score (nSPS) is 17.5. The van der Waals surface area contributed by atoms with Crippen molar-refractivity contribution in [3.63, 3.8) is 0 Å². The molecule has 134 valence electrons. The predicted octanol–water partition coefficient (Wildman–Crippen LogP) is 2.21. The number of ether oxygens (including phenoxy) is 2. The fourth-order valence-corrected chi connectivity index (χ4v) is 3.14. The second-order valence-electron chi connectivity index (χ2n) is 6.05. The Kier molecular flexibility index (Phi) is 5.48. The molecule has 0 saturated carbocycles. The first kappa shape index (κ1) is 17.6. The minimum Gasteiger partial charge on any atom is -0.489 e. The van der Waals surface area contributed by atoms with Crippen molar-refractivity contribution in [2.75, 3.05) is 39.4 Å². The van der Waals surface area contributed by atoms with Gasteiger partial charge in [0, 0.05) is 45.6 Å². The number of nitrogens with zero attached hydrogens (tertiary/aromatic N) is 2. The summed E-state index contributed by atoms with van der Waals surface area (Å²) < 4.78 is 11.2. The van der Waals surface area contributed by atoms with E-state index in [4.69, 9.17) is 21.1 Å². The zero-order valence-electron chi connectivity index (χ0n) is 14.2. The minimum absolute atomic E-state index is 0.0458. The SMILES string of the molecule is CC(=O)N1CCN(C(=O)C=Cc2cc(Cl)c3c(c2)OCCCO3)CC1. The summed E-state index contributed by atoms with van der Waals surface area (Å²) in [5.41, 5.74) is 0.782. The maximum atomic E-state index is 12.3. The smallest absolute Gasteiger partial charge is 0.246 e. The van der Waals surface area contributed by atoms with Gasteiger partial charge in [0.25, 0.3) is 0 Å². The second-order valence-corrected chi connectivity index (χ2v) is 6.45. The molecule has 3 rings (SSSR count). The maximum absolute atomic E-state index is 12.3. The van der Waals surface area contributed by atoms with Gasteiger partial charge < -0.3 is 19.3 Å². The summed E-state index contributed by atoms with van der Waals surface area (Å²) in [7, 11) is 0. The molecule has 25 heavy (non-hydrogen) atoms. The third-order valence-corrected chi connectivity index (χ3v) is 4.56. The molecule has 1 aromatic rings. The molecule has 6 nitrogen and oxygen atoms in total. The van der Waals surface area contributed by atoms with Crippen molar-refractivity contribution in [2.45, 2.75) is 13.3 Å². The van der Waals surface area contributed by atoms with Crippen molar-refractivity contribution in [3.8, 4) is 11.5 Å². The Morgan fingerprint density at radius 2 is 1.76 bits per heavy atom. The van der Waals surface area contributed by atoms with Crippen molar-refractivity contribution in [2.24, 2.45) is 0 Å². The van der Waals surface area contributed by atoms with E-state index in [1.807, 2.05) is 6.07 Å². The van der Waals surface area contributed by atoms with Crippen LogP contribution in [0.25, 0.3) is 6.08 Å². The highest BCUT2D eigenvalue weighted by atomic mass is 35.5. The molecule has 1 saturated heterocycles. The molecule has 2 aliphatic heterocycles. The number of rotatable bonds is 2. The van der Waals surface area contributed by atoms with Crippen molar-refractivity contribution < 1.29 is 19.1 Å². The second kappa shape index (κ2) is 7.78. The molecule has 1 fully saturated rings. The van der Waals surface area contributed by atoms with Crippen molar-refractivity contribution >= 4 is 29.5 Å². The van der Waals surface area contributed by atoms with Crippen molar-refractivity contribution in [3.05, 3.63) is 28.8 Å². The van der Waals surface area contributed by atoms with Crippen LogP contribution in [0.4, 0.5) is 0 Å². The van der Waals surface area contributed by atoms with Gasteiger partial charge >= 0.3 is 0 Å². The molecule has 1 aromatic carbocycles. The number of piperazine rings is 1. The van der Waals surface area contributed by atoms with Gasteiger partial charge in [0.05, 0.1) is 18.2 Å². The molecule has 7 heteroatoms. The van der Waals surface area contributed by atoms with Crippen LogP contribution in [0.15, 0.2) is 18.2 Å². The Balaban J connectivity index is 1.66. The van der Waals surface area contributed by atoms with Crippen LogP contribution in [0.2, 0.25) is 5.02 Å². The lowest BCUT2D eigenvalue weighted by Crippen LogP contribution is -2.49. The van der Waals surface area contributed by atoms with Gasteiger partial charge in [-0.05, 0) is 23.8 Å². The van der Waals surface area contributed by atoms with Gasteiger partial charge in [0.2, 0.25) is 11.8 Å². The third-order valence-electron chi connectivity index (χ3n) is 4.28. The molecule has 0 atom stereocenters. The van der Waals surface area contributed by atoms with Crippen LogP contribution in [0.3, 0.4) is 0 Å². The van der Waals surface area contributed by atoms with Crippen LogP contribution in [0.5, 0.6) is 11.5 Å². The molecule has 0 aliphatic carbocycles. The van der Waals surface area contributed by atoms with Gasteiger partial charge in [0.15, 0.2) is 11.5 Å². The van der Waals surface area contributed by atoms with E-state index in [-0.39, 0.29) is 11.8 Å². The Labute approximate surface area is 151 Å². The third kappa shape index (κ3) is 4.25. The highest BCUT2D eigenvalue weighted by molar-refractivity contribution is 6.32. The molecular formula is C18H21ClN2O4. The lowest BCUT2D eigenvalue weighted by molar-refractivity contribution is -0.135. The van der Waals surface area contributed by atoms with E-state index in [1.165, 1.54) is 6.08 Å². The number of halogens is 1. The first-order valence-electron chi connectivity index (χ1n) is 8.36. The van der Waals surface area contributed by atoms with Gasteiger partial charge in [-0.3, -0.25) is 9.59 Å². The van der Waals surface area contributed by atoms with Crippen LogP contribution >= 0.6 is 11.6 Å². The van der Waals surface area contributed by atoms with E-state index < -0.39 is 0 Å². The van der Waals surface area contributed by atoms with E-state index >= 15 is 0 Å². The van der Waals surface area contributed by atoms with Crippen LogP contribution in [0, 0.1) is 0 Å². The van der Waals surface area contributed by atoms with E-state index in [9.17, 15) is 9.59 Å². The number of hydrogen-bond donors (Lipinski definition) is 0. The maximum Gasteiger partial charge on any atom is 0.246 e. The van der Waals surface area contributed by atoms with Crippen molar-refractivity contribution in [1.29, 1.82) is 0 Å². The molecule has 0 unspecified atom stereocenters. The Hall–Kier alpha value is -2.21. The number of amides is 2. The molecule has 0 radical (unpaired) electrons.